The van der Waals surface area contributed by atoms with E-state index in [1.54, 1.807) is 43.3 Å². The zero-order valence-corrected chi connectivity index (χ0v) is 12.1. The number of rotatable bonds is 3. The monoisotopic (exact) mass is 284 g/mol. The number of carbonyl (C=O) groups is 1. The van der Waals surface area contributed by atoms with Gasteiger partial charge in [0, 0.05) is 0 Å². The number of azo groups is 1. The maximum atomic E-state index is 11.3. The van der Waals surface area contributed by atoms with Gasteiger partial charge in [-0.15, -0.1) is 0 Å². The number of hydrogen-bond acceptors (Lipinski definition) is 5. The third-order valence-electron chi connectivity index (χ3n) is 3.08. The standard InChI is InChI=1S/C16H16N2O3/c1-10-9-15(19)11(2)8-14(10)18-17-13-6-4-12(5-7-13)16(20)21-3/h4-9,19H,1-3H3/b18-17+. The van der Waals surface area contributed by atoms with Crippen molar-refractivity contribution in [2.24, 2.45) is 10.2 Å². The number of nitrogens with zero attached hydrogens (tertiary/aromatic N) is 2. The van der Waals surface area contributed by atoms with Crippen molar-refractivity contribution in [1.82, 2.24) is 0 Å². The molecule has 2 rings (SSSR count). The van der Waals surface area contributed by atoms with Gasteiger partial charge in [0.15, 0.2) is 0 Å². The van der Waals surface area contributed by atoms with Crippen molar-refractivity contribution in [3.8, 4) is 5.75 Å². The van der Waals surface area contributed by atoms with Crippen LogP contribution in [-0.2, 0) is 4.74 Å². The molecule has 21 heavy (non-hydrogen) atoms. The van der Waals surface area contributed by atoms with Crippen LogP contribution in [0.15, 0.2) is 46.6 Å². The molecule has 0 bridgehead atoms. The minimum Gasteiger partial charge on any atom is -0.508 e. The Kier molecular flexibility index (Phi) is 4.33. The summed E-state index contributed by atoms with van der Waals surface area (Å²) in [6.45, 7) is 3.66. The van der Waals surface area contributed by atoms with Crippen LogP contribution in [0.25, 0.3) is 0 Å². The lowest BCUT2D eigenvalue weighted by Crippen LogP contribution is -1.99. The zero-order valence-electron chi connectivity index (χ0n) is 12.1. The third kappa shape index (κ3) is 3.45. The molecule has 5 heteroatoms. The summed E-state index contributed by atoms with van der Waals surface area (Å²) < 4.78 is 4.63. The highest BCUT2D eigenvalue weighted by molar-refractivity contribution is 5.89. The van der Waals surface area contributed by atoms with Crippen LogP contribution in [-0.4, -0.2) is 18.2 Å². The number of esters is 1. The zero-order chi connectivity index (χ0) is 15.4. The lowest BCUT2D eigenvalue weighted by atomic mass is 10.1. The summed E-state index contributed by atoms with van der Waals surface area (Å²) in [4.78, 5) is 11.3. The Hall–Kier alpha value is -2.69. The molecule has 1 N–H and O–H groups in total. The number of benzene rings is 2. The van der Waals surface area contributed by atoms with Crippen molar-refractivity contribution in [1.29, 1.82) is 0 Å². The van der Waals surface area contributed by atoms with Crippen molar-refractivity contribution >= 4 is 17.3 Å². The highest BCUT2D eigenvalue weighted by atomic mass is 16.5. The molecule has 0 aliphatic rings. The quantitative estimate of drug-likeness (QED) is 0.677. The van der Waals surface area contributed by atoms with E-state index < -0.39 is 0 Å². The molecule has 0 spiro atoms. The van der Waals surface area contributed by atoms with Gasteiger partial charge < -0.3 is 9.84 Å². The summed E-state index contributed by atoms with van der Waals surface area (Å²) in [5.74, 6) is -0.141. The molecule has 0 amide bonds. The van der Waals surface area contributed by atoms with E-state index in [0.29, 0.717) is 16.9 Å². The van der Waals surface area contributed by atoms with Gasteiger partial charge in [0.05, 0.1) is 24.0 Å². The van der Waals surface area contributed by atoms with E-state index in [9.17, 15) is 9.90 Å². The van der Waals surface area contributed by atoms with Gasteiger partial charge in [-0.05, 0) is 61.4 Å². The summed E-state index contributed by atoms with van der Waals surface area (Å²) in [5.41, 5.74) is 3.38. The van der Waals surface area contributed by atoms with Crippen LogP contribution >= 0.6 is 0 Å². The fourth-order valence-corrected chi connectivity index (χ4v) is 1.79. The van der Waals surface area contributed by atoms with Gasteiger partial charge in [-0.1, -0.05) is 0 Å². The highest BCUT2D eigenvalue weighted by Gasteiger charge is 2.05. The molecular weight excluding hydrogens is 268 g/mol. The predicted molar refractivity (Wildman–Crippen MR) is 79.5 cm³/mol. The number of hydrogen-bond donors (Lipinski definition) is 1. The SMILES string of the molecule is COC(=O)c1ccc(/N=N/c2cc(C)c(O)cc2C)cc1. The Morgan fingerprint density at radius 1 is 1.05 bits per heavy atom. The van der Waals surface area contributed by atoms with E-state index in [1.165, 1.54) is 7.11 Å². The smallest absolute Gasteiger partial charge is 0.337 e. The Morgan fingerprint density at radius 3 is 2.33 bits per heavy atom. The molecule has 5 nitrogen and oxygen atoms in total. The molecule has 0 saturated carbocycles. The number of phenols is 1. The minimum atomic E-state index is -0.386. The largest absolute Gasteiger partial charge is 0.508 e. The first-order valence-electron chi connectivity index (χ1n) is 6.41. The van der Waals surface area contributed by atoms with Gasteiger partial charge in [0.25, 0.3) is 0 Å². The molecule has 0 heterocycles. The second kappa shape index (κ2) is 6.17. The maximum Gasteiger partial charge on any atom is 0.337 e. The molecule has 108 valence electrons. The van der Waals surface area contributed by atoms with Crippen LogP contribution in [0.2, 0.25) is 0 Å². The summed E-state index contributed by atoms with van der Waals surface area (Å²) in [6.07, 6.45) is 0. The molecular formula is C16H16N2O3. The van der Waals surface area contributed by atoms with Gasteiger partial charge >= 0.3 is 5.97 Å². The Morgan fingerprint density at radius 2 is 1.71 bits per heavy atom. The number of ether oxygens (including phenoxy) is 1. The summed E-state index contributed by atoms with van der Waals surface area (Å²) in [5, 5.41) is 17.9. The average Bonchev–Trinajstić information content (AvgIpc) is 2.49. The second-order valence-electron chi connectivity index (χ2n) is 4.66. The van der Waals surface area contributed by atoms with Crippen molar-refractivity contribution in [2.75, 3.05) is 7.11 Å². The number of carbonyl (C=O) groups excluding carboxylic acids is 1. The summed E-state index contributed by atoms with van der Waals surface area (Å²) in [6, 6.07) is 10.1. The maximum absolute atomic E-state index is 11.3. The summed E-state index contributed by atoms with van der Waals surface area (Å²) >= 11 is 0. The van der Waals surface area contributed by atoms with E-state index in [-0.39, 0.29) is 11.7 Å². The second-order valence-corrected chi connectivity index (χ2v) is 4.66. The van der Waals surface area contributed by atoms with E-state index >= 15 is 0 Å². The first kappa shape index (κ1) is 14.7. The molecule has 2 aromatic rings. The normalized spacial score (nSPS) is 10.8. The van der Waals surface area contributed by atoms with Crippen molar-refractivity contribution in [3.05, 3.63) is 53.1 Å². The van der Waals surface area contributed by atoms with E-state index in [1.807, 2.05) is 6.92 Å². The Balaban J connectivity index is 2.22. The molecule has 0 aromatic heterocycles. The predicted octanol–water partition coefficient (Wildman–Crippen LogP) is 4.21. The molecule has 0 aliphatic heterocycles. The van der Waals surface area contributed by atoms with Crippen molar-refractivity contribution < 1.29 is 14.6 Å². The third-order valence-corrected chi connectivity index (χ3v) is 3.08. The van der Waals surface area contributed by atoms with Crippen LogP contribution in [0.3, 0.4) is 0 Å². The van der Waals surface area contributed by atoms with Crippen LogP contribution in [0.4, 0.5) is 11.4 Å². The van der Waals surface area contributed by atoms with E-state index in [4.69, 9.17) is 0 Å². The first-order valence-corrected chi connectivity index (χ1v) is 6.41. The fourth-order valence-electron chi connectivity index (χ4n) is 1.79. The summed E-state index contributed by atoms with van der Waals surface area (Å²) in [7, 11) is 1.34. The number of methoxy groups -OCH3 is 1. The molecule has 0 radical (unpaired) electrons. The van der Waals surface area contributed by atoms with Gasteiger partial charge in [-0.25, -0.2) is 4.79 Å². The molecule has 0 unspecified atom stereocenters. The Bertz CT molecular complexity index is 691. The lowest BCUT2D eigenvalue weighted by molar-refractivity contribution is 0.0601. The van der Waals surface area contributed by atoms with E-state index in [2.05, 4.69) is 15.0 Å². The molecule has 2 aromatic carbocycles. The number of aromatic hydroxyl groups is 1. The Labute approximate surface area is 122 Å². The van der Waals surface area contributed by atoms with Crippen LogP contribution < -0.4 is 0 Å². The topological polar surface area (TPSA) is 71.2 Å². The van der Waals surface area contributed by atoms with Crippen molar-refractivity contribution in [3.63, 3.8) is 0 Å². The van der Waals surface area contributed by atoms with Crippen LogP contribution in [0.5, 0.6) is 5.75 Å². The first-order chi connectivity index (χ1) is 10.0. The van der Waals surface area contributed by atoms with Gasteiger partial charge in [-0.2, -0.15) is 10.2 Å². The van der Waals surface area contributed by atoms with Crippen molar-refractivity contribution in [2.45, 2.75) is 13.8 Å². The molecule has 0 aliphatic carbocycles. The van der Waals surface area contributed by atoms with Gasteiger partial charge in [0.1, 0.15) is 5.75 Å². The molecule has 0 fully saturated rings. The molecule has 0 saturated heterocycles. The van der Waals surface area contributed by atoms with Crippen LogP contribution in [0.1, 0.15) is 21.5 Å². The fraction of sp³-hybridized carbons (Fsp3) is 0.188. The van der Waals surface area contributed by atoms with Gasteiger partial charge in [0.2, 0.25) is 0 Å². The molecule has 0 atom stereocenters. The number of phenolic OH excluding ortho intramolecular Hbond substituents is 1. The lowest BCUT2D eigenvalue weighted by Gasteiger charge is -2.03. The average molecular weight is 284 g/mol. The number of aryl methyl sites for hydroxylation is 2. The highest BCUT2D eigenvalue weighted by Crippen LogP contribution is 2.28. The van der Waals surface area contributed by atoms with E-state index in [0.717, 1.165) is 11.1 Å². The van der Waals surface area contributed by atoms with Crippen LogP contribution in [0, 0.1) is 13.8 Å². The minimum absolute atomic E-state index is 0.244. The van der Waals surface area contributed by atoms with Gasteiger partial charge in [-0.3, -0.25) is 0 Å².